The highest BCUT2D eigenvalue weighted by molar-refractivity contribution is 7.09. The van der Waals surface area contributed by atoms with E-state index in [4.69, 9.17) is 10.5 Å². The third-order valence-corrected chi connectivity index (χ3v) is 4.12. The van der Waals surface area contributed by atoms with Gasteiger partial charge in [-0.15, -0.1) is 11.3 Å². The lowest BCUT2D eigenvalue weighted by atomic mass is 9.83. The van der Waals surface area contributed by atoms with Crippen LogP contribution in [0.3, 0.4) is 0 Å². The Morgan fingerprint density at radius 3 is 2.73 bits per heavy atom. The summed E-state index contributed by atoms with van der Waals surface area (Å²) in [6.45, 7) is 4.79. The Balaban J connectivity index is 2.23. The highest BCUT2D eigenvalue weighted by Crippen LogP contribution is 2.54. The zero-order chi connectivity index (χ0) is 11.1. The van der Waals surface area contributed by atoms with Crippen LogP contribution in [0.25, 0.3) is 0 Å². The summed E-state index contributed by atoms with van der Waals surface area (Å²) in [6, 6.07) is 0. The normalized spacial score (nSPS) is 19.2. The van der Waals surface area contributed by atoms with E-state index in [0.717, 1.165) is 23.5 Å². The second kappa shape index (κ2) is 3.54. The first kappa shape index (κ1) is 11.0. The molecule has 0 unspecified atom stereocenters. The molecular weight excluding hydrogens is 208 g/mol. The van der Waals surface area contributed by atoms with Crippen LogP contribution in [0.5, 0.6) is 0 Å². The molecular formula is C11H18N2OS. The molecule has 0 bridgehead atoms. The zero-order valence-electron chi connectivity index (χ0n) is 9.54. The van der Waals surface area contributed by atoms with Crippen LogP contribution < -0.4 is 5.73 Å². The lowest BCUT2D eigenvalue weighted by Crippen LogP contribution is -2.45. The van der Waals surface area contributed by atoms with Crippen molar-refractivity contribution in [2.75, 3.05) is 7.11 Å². The van der Waals surface area contributed by atoms with E-state index in [2.05, 4.69) is 24.2 Å². The zero-order valence-corrected chi connectivity index (χ0v) is 10.4. The second-order valence-corrected chi connectivity index (χ2v) is 5.81. The van der Waals surface area contributed by atoms with Gasteiger partial charge >= 0.3 is 0 Å². The van der Waals surface area contributed by atoms with Crippen molar-refractivity contribution in [3.63, 3.8) is 0 Å². The second-order valence-electron chi connectivity index (χ2n) is 4.86. The van der Waals surface area contributed by atoms with Gasteiger partial charge in [0.2, 0.25) is 0 Å². The smallest absolute Gasteiger partial charge is 0.119 e. The number of rotatable bonds is 4. The van der Waals surface area contributed by atoms with E-state index < -0.39 is 0 Å². The van der Waals surface area contributed by atoms with Crippen molar-refractivity contribution in [1.29, 1.82) is 0 Å². The summed E-state index contributed by atoms with van der Waals surface area (Å²) in [5, 5.41) is 3.18. The number of nitrogens with zero attached hydrogens (tertiary/aromatic N) is 1. The largest absolute Gasteiger partial charge is 0.378 e. The van der Waals surface area contributed by atoms with Crippen molar-refractivity contribution >= 4 is 11.3 Å². The molecule has 15 heavy (non-hydrogen) atoms. The van der Waals surface area contributed by atoms with Gasteiger partial charge in [-0.25, -0.2) is 4.98 Å². The number of hydrogen-bond acceptors (Lipinski definition) is 4. The number of aromatic nitrogens is 1. The van der Waals surface area contributed by atoms with Gasteiger partial charge in [-0.1, -0.05) is 0 Å². The van der Waals surface area contributed by atoms with Gasteiger partial charge in [-0.2, -0.15) is 0 Å². The van der Waals surface area contributed by atoms with Crippen LogP contribution in [0.4, 0.5) is 0 Å². The van der Waals surface area contributed by atoms with Crippen LogP contribution in [-0.2, 0) is 16.8 Å². The van der Waals surface area contributed by atoms with E-state index in [1.807, 2.05) is 0 Å². The predicted molar refractivity (Wildman–Crippen MR) is 62.0 cm³/mol. The standard InChI is InChI=1S/C11H18N2OS/c1-10(2,12)11(4-5-11)8-7-15-9(13-8)6-14-3/h7H,4-6,12H2,1-3H3. The number of thiazole rings is 1. The topological polar surface area (TPSA) is 48.1 Å². The minimum atomic E-state index is -0.175. The van der Waals surface area contributed by atoms with Crippen molar-refractivity contribution in [3.8, 4) is 0 Å². The summed E-state index contributed by atoms with van der Waals surface area (Å²) in [5.74, 6) is 0. The van der Waals surface area contributed by atoms with Crippen molar-refractivity contribution < 1.29 is 4.74 Å². The molecule has 0 aromatic carbocycles. The van der Waals surface area contributed by atoms with E-state index in [1.165, 1.54) is 0 Å². The molecule has 0 radical (unpaired) electrons. The molecule has 0 atom stereocenters. The molecule has 1 aliphatic carbocycles. The van der Waals surface area contributed by atoms with Crippen LogP contribution in [0, 0.1) is 0 Å². The quantitative estimate of drug-likeness (QED) is 0.855. The van der Waals surface area contributed by atoms with Gasteiger partial charge in [-0.05, 0) is 26.7 Å². The average molecular weight is 226 g/mol. The van der Waals surface area contributed by atoms with Gasteiger partial charge in [0.1, 0.15) is 5.01 Å². The summed E-state index contributed by atoms with van der Waals surface area (Å²) in [7, 11) is 1.70. The summed E-state index contributed by atoms with van der Waals surface area (Å²) >= 11 is 1.67. The molecule has 4 heteroatoms. The predicted octanol–water partition coefficient (Wildman–Crippen LogP) is 2.06. The molecule has 0 saturated heterocycles. The van der Waals surface area contributed by atoms with Crippen LogP contribution >= 0.6 is 11.3 Å². The Morgan fingerprint density at radius 1 is 1.60 bits per heavy atom. The van der Waals surface area contributed by atoms with E-state index >= 15 is 0 Å². The first-order valence-corrected chi connectivity index (χ1v) is 6.10. The van der Waals surface area contributed by atoms with E-state index in [-0.39, 0.29) is 11.0 Å². The molecule has 0 amide bonds. The first-order chi connectivity index (χ1) is 6.99. The van der Waals surface area contributed by atoms with Crippen molar-refractivity contribution in [3.05, 3.63) is 16.1 Å². The molecule has 0 spiro atoms. The lowest BCUT2D eigenvalue weighted by Gasteiger charge is -2.29. The van der Waals surface area contributed by atoms with E-state index in [0.29, 0.717) is 6.61 Å². The average Bonchev–Trinajstić information content (AvgIpc) is 2.83. The van der Waals surface area contributed by atoms with Gasteiger partial charge in [0.25, 0.3) is 0 Å². The maximum absolute atomic E-state index is 6.22. The SMILES string of the molecule is COCc1nc(C2(C(C)(C)N)CC2)cs1. The molecule has 1 fully saturated rings. The number of ether oxygens (including phenoxy) is 1. The van der Waals surface area contributed by atoms with Gasteiger partial charge in [0.05, 0.1) is 12.3 Å². The highest BCUT2D eigenvalue weighted by atomic mass is 32.1. The summed E-state index contributed by atoms with van der Waals surface area (Å²) < 4.78 is 5.08. The van der Waals surface area contributed by atoms with Crippen molar-refractivity contribution in [2.45, 2.75) is 44.2 Å². The summed E-state index contributed by atoms with van der Waals surface area (Å²) in [6.07, 6.45) is 2.32. The monoisotopic (exact) mass is 226 g/mol. The fourth-order valence-corrected chi connectivity index (χ4v) is 2.94. The maximum atomic E-state index is 6.22. The Labute approximate surface area is 94.7 Å². The van der Waals surface area contributed by atoms with E-state index in [9.17, 15) is 0 Å². The molecule has 2 N–H and O–H groups in total. The van der Waals surface area contributed by atoms with Crippen LogP contribution in [0.2, 0.25) is 0 Å². The van der Waals surface area contributed by atoms with Gasteiger partial charge < -0.3 is 10.5 Å². The number of hydrogen-bond donors (Lipinski definition) is 1. The van der Waals surface area contributed by atoms with Crippen LogP contribution in [-0.4, -0.2) is 17.6 Å². The minimum Gasteiger partial charge on any atom is -0.378 e. The minimum absolute atomic E-state index is 0.121. The first-order valence-electron chi connectivity index (χ1n) is 5.22. The van der Waals surface area contributed by atoms with Gasteiger partial charge in [-0.3, -0.25) is 0 Å². The molecule has 1 aromatic rings. The third kappa shape index (κ3) is 1.82. The number of methoxy groups -OCH3 is 1. The van der Waals surface area contributed by atoms with Crippen molar-refractivity contribution in [1.82, 2.24) is 4.98 Å². The molecule has 84 valence electrons. The third-order valence-electron chi connectivity index (χ3n) is 3.29. The summed E-state index contributed by atoms with van der Waals surface area (Å²) in [5.41, 5.74) is 7.33. The maximum Gasteiger partial charge on any atom is 0.119 e. The molecule has 1 saturated carbocycles. The van der Waals surface area contributed by atoms with Gasteiger partial charge in [0, 0.05) is 23.4 Å². The van der Waals surface area contributed by atoms with Gasteiger partial charge in [0.15, 0.2) is 0 Å². The Morgan fingerprint density at radius 2 is 2.27 bits per heavy atom. The van der Waals surface area contributed by atoms with Crippen LogP contribution in [0.1, 0.15) is 37.4 Å². The molecule has 1 aliphatic rings. The molecule has 1 aromatic heterocycles. The molecule has 1 heterocycles. The highest BCUT2D eigenvalue weighted by Gasteiger charge is 2.55. The molecule has 0 aliphatic heterocycles. The fourth-order valence-electron chi connectivity index (χ4n) is 2.08. The molecule has 3 nitrogen and oxygen atoms in total. The number of nitrogens with two attached hydrogens (primary N) is 1. The van der Waals surface area contributed by atoms with Crippen LogP contribution in [0.15, 0.2) is 5.38 Å². The Kier molecular flexibility index (Phi) is 2.61. The van der Waals surface area contributed by atoms with Crippen molar-refractivity contribution in [2.24, 2.45) is 5.73 Å². The molecule has 2 rings (SSSR count). The Hall–Kier alpha value is -0.450. The fraction of sp³-hybridized carbons (Fsp3) is 0.727. The summed E-state index contributed by atoms with van der Waals surface area (Å²) in [4.78, 5) is 4.61. The van der Waals surface area contributed by atoms with E-state index in [1.54, 1.807) is 18.4 Å². The lowest BCUT2D eigenvalue weighted by molar-refractivity contribution is 0.184. The Bertz CT molecular complexity index is 350.